The number of hydrogen-bond donors (Lipinski definition) is 2. The van der Waals surface area contributed by atoms with Gasteiger partial charge in [-0.05, 0) is 35.4 Å². The molecule has 3 N–H and O–H groups in total. The first-order valence-electron chi connectivity index (χ1n) is 5.96. The van der Waals surface area contributed by atoms with Crippen LogP contribution in [-0.4, -0.2) is 6.36 Å². The lowest BCUT2D eigenvalue weighted by molar-refractivity contribution is -0.274. The minimum atomic E-state index is -4.72. The van der Waals surface area contributed by atoms with E-state index in [1.807, 2.05) is 24.3 Å². The maximum Gasteiger partial charge on any atom is 0.573 e. The number of nitrogens with one attached hydrogen (secondary N) is 1. The van der Waals surface area contributed by atoms with E-state index < -0.39 is 12.4 Å². The molecule has 0 saturated heterocycles. The molecule has 2 rings (SSSR count). The van der Waals surface area contributed by atoms with Gasteiger partial charge in [0.05, 0.1) is 6.04 Å². The second-order valence-corrected chi connectivity index (χ2v) is 5.19. The molecule has 0 amide bonds. The normalized spacial score (nSPS) is 13.0. The van der Waals surface area contributed by atoms with Gasteiger partial charge in [-0.25, -0.2) is 5.43 Å². The molecular formula is C14H12BrF3N2O. The number of hydrogen-bond acceptors (Lipinski definition) is 3. The van der Waals surface area contributed by atoms with E-state index in [2.05, 4.69) is 26.1 Å². The van der Waals surface area contributed by atoms with Crippen molar-refractivity contribution in [2.75, 3.05) is 0 Å². The molecule has 112 valence electrons. The molecule has 21 heavy (non-hydrogen) atoms. The van der Waals surface area contributed by atoms with Crippen molar-refractivity contribution in [3.05, 3.63) is 64.1 Å². The van der Waals surface area contributed by atoms with Gasteiger partial charge in [-0.15, -0.1) is 13.2 Å². The highest BCUT2D eigenvalue weighted by Gasteiger charge is 2.31. The maximum atomic E-state index is 12.3. The summed E-state index contributed by atoms with van der Waals surface area (Å²) in [5.41, 5.74) is 3.98. The van der Waals surface area contributed by atoms with E-state index in [4.69, 9.17) is 5.84 Å². The van der Waals surface area contributed by atoms with Gasteiger partial charge in [0.2, 0.25) is 0 Å². The summed E-state index contributed by atoms with van der Waals surface area (Å²) < 4.78 is 41.6. The number of alkyl halides is 3. The van der Waals surface area contributed by atoms with Gasteiger partial charge in [-0.1, -0.05) is 40.2 Å². The van der Waals surface area contributed by atoms with E-state index in [0.717, 1.165) is 10.0 Å². The van der Waals surface area contributed by atoms with Crippen molar-refractivity contribution in [2.45, 2.75) is 12.4 Å². The van der Waals surface area contributed by atoms with Crippen molar-refractivity contribution >= 4 is 15.9 Å². The number of ether oxygens (including phenoxy) is 1. The molecule has 0 bridgehead atoms. The Morgan fingerprint density at radius 2 is 1.67 bits per heavy atom. The predicted octanol–water partition coefficient (Wildman–Crippen LogP) is 3.90. The summed E-state index contributed by atoms with van der Waals surface area (Å²) in [6, 6.07) is 12.6. The van der Waals surface area contributed by atoms with Crippen molar-refractivity contribution in [1.82, 2.24) is 5.43 Å². The van der Waals surface area contributed by atoms with Crippen LogP contribution in [0, 0.1) is 0 Å². The van der Waals surface area contributed by atoms with Crippen molar-refractivity contribution < 1.29 is 17.9 Å². The van der Waals surface area contributed by atoms with Crippen LogP contribution in [0.25, 0.3) is 0 Å². The van der Waals surface area contributed by atoms with Crippen LogP contribution in [0.3, 0.4) is 0 Å². The monoisotopic (exact) mass is 360 g/mol. The minimum Gasteiger partial charge on any atom is -0.406 e. The molecule has 7 heteroatoms. The van der Waals surface area contributed by atoms with Crippen molar-refractivity contribution in [3.8, 4) is 5.75 Å². The second kappa shape index (κ2) is 6.46. The molecule has 0 aromatic heterocycles. The molecule has 2 aromatic carbocycles. The number of hydrazine groups is 1. The first kappa shape index (κ1) is 15.8. The third-order valence-electron chi connectivity index (χ3n) is 2.77. The van der Waals surface area contributed by atoms with E-state index in [9.17, 15) is 13.2 Å². The van der Waals surface area contributed by atoms with E-state index >= 15 is 0 Å². The lowest BCUT2D eigenvalue weighted by atomic mass is 9.99. The van der Waals surface area contributed by atoms with Crippen LogP contribution in [0.4, 0.5) is 13.2 Å². The highest BCUT2D eigenvalue weighted by atomic mass is 79.9. The fourth-order valence-corrected chi connectivity index (χ4v) is 2.38. The summed E-state index contributed by atoms with van der Waals surface area (Å²) in [7, 11) is 0. The Balaban J connectivity index is 2.32. The summed E-state index contributed by atoms with van der Waals surface area (Å²) in [6.07, 6.45) is -4.72. The SMILES string of the molecule is NNC(c1cccc(Br)c1)c1cccc(OC(F)(F)F)c1. The molecule has 0 saturated carbocycles. The Bertz CT molecular complexity index is 619. The summed E-state index contributed by atoms with van der Waals surface area (Å²) in [4.78, 5) is 0. The molecule has 0 aliphatic rings. The lowest BCUT2D eigenvalue weighted by Gasteiger charge is -2.18. The van der Waals surface area contributed by atoms with Crippen LogP contribution in [0.15, 0.2) is 53.0 Å². The topological polar surface area (TPSA) is 47.3 Å². The van der Waals surface area contributed by atoms with Crippen molar-refractivity contribution in [1.29, 1.82) is 0 Å². The molecule has 2 aromatic rings. The minimum absolute atomic E-state index is 0.282. The molecule has 0 fully saturated rings. The smallest absolute Gasteiger partial charge is 0.406 e. The first-order chi connectivity index (χ1) is 9.89. The number of benzene rings is 2. The van der Waals surface area contributed by atoms with Crippen molar-refractivity contribution in [3.63, 3.8) is 0 Å². The van der Waals surface area contributed by atoms with E-state index in [-0.39, 0.29) is 5.75 Å². The Labute approximate surface area is 128 Å². The summed E-state index contributed by atoms with van der Waals surface area (Å²) >= 11 is 3.34. The van der Waals surface area contributed by atoms with Gasteiger partial charge in [-0.2, -0.15) is 0 Å². The molecule has 0 radical (unpaired) electrons. The third kappa shape index (κ3) is 4.45. The molecule has 0 heterocycles. The van der Waals surface area contributed by atoms with Crippen LogP contribution in [0.2, 0.25) is 0 Å². The van der Waals surface area contributed by atoms with Gasteiger partial charge in [-0.3, -0.25) is 5.84 Å². The van der Waals surface area contributed by atoms with Gasteiger partial charge in [0.1, 0.15) is 5.75 Å². The highest BCUT2D eigenvalue weighted by Crippen LogP contribution is 2.29. The third-order valence-corrected chi connectivity index (χ3v) is 3.27. The number of nitrogens with two attached hydrogens (primary N) is 1. The van der Waals surface area contributed by atoms with Crippen LogP contribution in [0.1, 0.15) is 17.2 Å². The van der Waals surface area contributed by atoms with Gasteiger partial charge in [0, 0.05) is 4.47 Å². The van der Waals surface area contributed by atoms with E-state index in [1.54, 1.807) is 6.07 Å². The van der Waals surface area contributed by atoms with Crippen LogP contribution in [0.5, 0.6) is 5.75 Å². The molecule has 0 aliphatic heterocycles. The van der Waals surface area contributed by atoms with Gasteiger partial charge in [0.25, 0.3) is 0 Å². The van der Waals surface area contributed by atoms with Crippen LogP contribution in [-0.2, 0) is 0 Å². The van der Waals surface area contributed by atoms with Crippen molar-refractivity contribution in [2.24, 2.45) is 5.84 Å². The Kier molecular flexibility index (Phi) is 4.87. The molecule has 0 spiro atoms. The zero-order valence-electron chi connectivity index (χ0n) is 10.7. The van der Waals surface area contributed by atoms with Gasteiger partial charge < -0.3 is 4.74 Å². The molecule has 0 aliphatic carbocycles. The largest absolute Gasteiger partial charge is 0.573 e. The summed E-state index contributed by atoms with van der Waals surface area (Å²) in [5.74, 6) is 5.25. The maximum absolute atomic E-state index is 12.3. The molecule has 3 nitrogen and oxygen atoms in total. The molecular weight excluding hydrogens is 349 g/mol. The van der Waals surface area contributed by atoms with Crippen LogP contribution < -0.4 is 16.0 Å². The fraction of sp³-hybridized carbons (Fsp3) is 0.143. The quantitative estimate of drug-likeness (QED) is 0.642. The zero-order chi connectivity index (χ0) is 15.5. The lowest BCUT2D eigenvalue weighted by Crippen LogP contribution is -2.29. The first-order valence-corrected chi connectivity index (χ1v) is 6.75. The second-order valence-electron chi connectivity index (χ2n) is 4.27. The average Bonchev–Trinajstić information content (AvgIpc) is 2.38. The number of rotatable bonds is 4. The highest BCUT2D eigenvalue weighted by molar-refractivity contribution is 9.10. The van der Waals surface area contributed by atoms with Crippen LogP contribution >= 0.6 is 15.9 Å². The Hall–Kier alpha value is -1.57. The molecule has 1 atom stereocenters. The summed E-state index contributed by atoms with van der Waals surface area (Å²) in [5, 5.41) is 0. The fourth-order valence-electron chi connectivity index (χ4n) is 1.96. The van der Waals surface area contributed by atoms with Gasteiger partial charge >= 0.3 is 6.36 Å². The molecule has 1 unspecified atom stereocenters. The Morgan fingerprint density at radius 1 is 1.05 bits per heavy atom. The zero-order valence-corrected chi connectivity index (χ0v) is 12.3. The Morgan fingerprint density at radius 3 is 2.24 bits per heavy atom. The summed E-state index contributed by atoms with van der Waals surface area (Å²) in [6.45, 7) is 0. The van der Waals surface area contributed by atoms with E-state index in [1.165, 1.54) is 18.2 Å². The van der Waals surface area contributed by atoms with Gasteiger partial charge in [0.15, 0.2) is 0 Å². The predicted molar refractivity (Wildman–Crippen MR) is 76.4 cm³/mol. The standard InChI is InChI=1S/C14H12BrF3N2O/c15-11-5-1-3-9(7-11)13(20-19)10-4-2-6-12(8-10)21-14(16,17)18/h1-8,13,20H,19H2. The average molecular weight is 361 g/mol. The number of halogens is 4. The van der Waals surface area contributed by atoms with E-state index in [0.29, 0.717) is 5.56 Å².